The fourth-order valence-electron chi connectivity index (χ4n) is 2.50. The first-order valence-corrected chi connectivity index (χ1v) is 8.23. The third-order valence-electron chi connectivity index (χ3n) is 3.89. The van der Waals surface area contributed by atoms with Crippen molar-refractivity contribution in [3.05, 3.63) is 47.5 Å². The molecule has 7 heteroatoms. The van der Waals surface area contributed by atoms with Crippen molar-refractivity contribution in [3.63, 3.8) is 0 Å². The Labute approximate surface area is 163 Å². The second kappa shape index (κ2) is 9.36. The first kappa shape index (κ1) is 20.7. The van der Waals surface area contributed by atoms with Crippen molar-refractivity contribution in [2.75, 3.05) is 28.4 Å². The molecule has 0 amide bonds. The Kier molecular flexibility index (Phi) is 6.92. The summed E-state index contributed by atoms with van der Waals surface area (Å²) in [6.45, 7) is 0. The topological polar surface area (TPSA) is 94.5 Å². The molecule has 0 aliphatic carbocycles. The maximum atomic E-state index is 12.2. The van der Waals surface area contributed by atoms with E-state index in [9.17, 15) is 15.0 Å². The zero-order chi connectivity index (χ0) is 20.7. The summed E-state index contributed by atoms with van der Waals surface area (Å²) in [5.41, 5.74) is 1.14. The largest absolute Gasteiger partial charge is 0.508 e. The standard InChI is InChI=1S/C21H22O7/c1-25-17-11-15(23)12-18(26-2)16(17)8-7-14(22)6-5-13-9-19(27-3)21(24)20(10-13)28-4/h5-12,23-24H,1-4H3/b6-5+,8-7+. The Hall–Kier alpha value is -3.61. The fraction of sp³-hybridized carbons (Fsp3) is 0.190. The van der Waals surface area contributed by atoms with Gasteiger partial charge >= 0.3 is 0 Å². The lowest BCUT2D eigenvalue weighted by Gasteiger charge is -2.10. The van der Waals surface area contributed by atoms with E-state index in [0.29, 0.717) is 22.6 Å². The number of phenols is 2. The van der Waals surface area contributed by atoms with Crippen LogP contribution in [-0.4, -0.2) is 44.4 Å². The van der Waals surface area contributed by atoms with Gasteiger partial charge in [-0.3, -0.25) is 4.79 Å². The molecule has 0 saturated heterocycles. The van der Waals surface area contributed by atoms with Crippen LogP contribution in [0.2, 0.25) is 0 Å². The number of rotatable bonds is 8. The molecule has 0 heterocycles. The highest BCUT2D eigenvalue weighted by Crippen LogP contribution is 2.37. The van der Waals surface area contributed by atoms with Crippen LogP contribution in [0.4, 0.5) is 0 Å². The highest BCUT2D eigenvalue weighted by atomic mass is 16.5. The minimum atomic E-state index is -0.289. The van der Waals surface area contributed by atoms with Crippen LogP contribution >= 0.6 is 0 Å². The Morgan fingerprint density at radius 2 is 1.21 bits per heavy atom. The normalized spacial score (nSPS) is 11.0. The van der Waals surface area contributed by atoms with Gasteiger partial charge in [0.15, 0.2) is 17.3 Å². The number of carbonyl (C=O) groups excluding carboxylic acids is 1. The number of carbonyl (C=O) groups is 1. The van der Waals surface area contributed by atoms with Crippen molar-refractivity contribution < 1.29 is 34.0 Å². The number of aromatic hydroxyl groups is 2. The highest BCUT2D eigenvalue weighted by Gasteiger charge is 2.11. The van der Waals surface area contributed by atoms with Crippen molar-refractivity contribution in [2.24, 2.45) is 0 Å². The van der Waals surface area contributed by atoms with E-state index in [-0.39, 0.29) is 28.8 Å². The molecule has 0 fully saturated rings. The number of hydrogen-bond acceptors (Lipinski definition) is 7. The number of phenolic OH excluding ortho intramolecular Hbond substituents is 2. The van der Waals surface area contributed by atoms with Gasteiger partial charge in [0.2, 0.25) is 5.75 Å². The maximum Gasteiger partial charge on any atom is 0.200 e. The van der Waals surface area contributed by atoms with E-state index in [1.54, 1.807) is 24.3 Å². The molecule has 2 rings (SSSR count). The minimum absolute atomic E-state index is 0.00713. The van der Waals surface area contributed by atoms with Gasteiger partial charge in [0.1, 0.15) is 17.2 Å². The third kappa shape index (κ3) is 4.76. The molecular weight excluding hydrogens is 364 g/mol. The molecule has 2 N–H and O–H groups in total. The summed E-state index contributed by atoms with van der Waals surface area (Å²) in [4.78, 5) is 12.2. The van der Waals surface area contributed by atoms with Gasteiger partial charge in [-0.25, -0.2) is 0 Å². The Morgan fingerprint density at radius 3 is 1.68 bits per heavy atom. The Bertz CT molecular complexity index is 863. The molecule has 0 bridgehead atoms. The van der Waals surface area contributed by atoms with Crippen LogP contribution in [-0.2, 0) is 4.79 Å². The first-order chi connectivity index (χ1) is 13.4. The van der Waals surface area contributed by atoms with E-state index in [1.807, 2.05) is 0 Å². The average molecular weight is 386 g/mol. The second-order valence-electron chi connectivity index (χ2n) is 5.61. The Morgan fingerprint density at radius 1 is 0.750 bits per heavy atom. The van der Waals surface area contributed by atoms with Crippen LogP contribution in [0.5, 0.6) is 34.5 Å². The lowest BCUT2D eigenvalue weighted by atomic mass is 10.1. The van der Waals surface area contributed by atoms with Crippen molar-refractivity contribution in [1.29, 1.82) is 0 Å². The van der Waals surface area contributed by atoms with Crippen LogP contribution in [0.1, 0.15) is 11.1 Å². The summed E-state index contributed by atoms with van der Waals surface area (Å²) in [7, 11) is 5.76. The van der Waals surface area contributed by atoms with E-state index in [4.69, 9.17) is 18.9 Å². The van der Waals surface area contributed by atoms with Crippen LogP contribution in [0.3, 0.4) is 0 Å². The number of allylic oxidation sites excluding steroid dienone is 2. The number of ketones is 1. The molecule has 0 unspecified atom stereocenters. The molecule has 148 valence electrons. The first-order valence-electron chi connectivity index (χ1n) is 8.23. The van der Waals surface area contributed by atoms with Crippen molar-refractivity contribution in [3.8, 4) is 34.5 Å². The number of methoxy groups -OCH3 is 4. The van der Waals surface area contributed by atoms with E-state index >= 15 is 0 Å². The summed E-state index contributed by atoms with van der Waals surface area (Å²) in [6.07, 6.45) is 5.83. The van der Waals surface area contributed by atoms with Gasteiger partial charge in [-0.1, -0.05) is 6.08 Å². The molecule has 2 aromatic carbocycles. The molecule has 28 heavy (non-hydrogen) atoms. The molecule has 0 aliphatic rings. The van der Waals surface area contributed by atoms with Crippen LogP contribution in [0, 0.1) is 0 Å². The zero-order valence-electron chi connectivity index (χ0n) is 16.1. The Balaban J connectivity index is 2.25. The quantitative estimate of drug-likeness (QED) is 0.671. The molecule has 0 saturated carbocycles. The maximum absolute atomic E-state index is 12.2. The van der Waals surface area contributed by atoms with E-state index in [2.05, 4.69) is 0 Å². The summed E-state index contributed by atoms with van der Waals surface area (Å²) in [6, 6.07) is 6.02. The zero-order valence-corrected chi connectivity index (χ0v) is 16.1. The molecule has 0 spiro atoms. The third-order valence-corrected chi connectivity index (χ3v) is 3.89. The predicted octanol–water partition coefficient (Wildman–Crippen LogP) is 3.43. The minimum Gasteiger partial charge on any atom is -0.508 e. The average Bonchev–Trinajstić information content (AvgIpc) is 2.71. The van der Waals surface area contributed by atoms with Crippen LogP contribution in [0.15, 0.2) is 36.4 Å². The van der Waals surface area contributed by atoms with Gasteiger partial charge in [-0.05, 0) is 35.9 Å². The summed E-state index contributed by atoms with van der Waals surface area (Å²) >= 11 is 0. The van der Waals surface area contributed by atoms with E-state index < -0.39 is 0 Å². The van der Waals surface area contributed by atoms with Crippen molar-refractivity contribution in [2.45, 2.75) is 0 Å². The van der Waals surface area contributed by atoms with Gasteiger partial charge in [-0.2, -0.15) is 0 Å². The molecule has 2 aromatic rings. The lowest BCUT2D eigenvalue weighted by Crippen LogP contribution is -1.93. The molecule has 0 aliphatic heterocycles. The van der Waals surface area contributed by atoms with E-state index in [0.717, 1.165) is 0 Å². The van der Waals surface area contributed by atoms with Crippen molar-refractivity contribution >= 4 is 17.9 Å². The van der Waals surface area contributed by atoms with E-state index in [1.165, 1.54) is 52.7 Å². The van der Waals surface area contributed by atoms with Crippen molar-refractivity contribution in [1.82, 2.24) is 0 Å². The monoisotopic (exact) mass is 386 g/mol. The predicted molar refractivity (Wildman–Crippen MR) is 105 cm³/mol. The summed E-state index contributed by atoms with van der Waals surface area (Å²) in [5, 5.41) is 19.6. The second-order valence-corrected chi connectivity index (χ2v) is 5.61. The molecule has 0 radical (unpaired) electrons. The van der Waals surface area contributed by atoms with Gasteiger partial charge in [-0.15, -0.1) is 0 Å². The van der Waals surface area contributed by atoms with Crippen LogP contribution < -0.4 is 18.9 Å². The molecular formula is C21H22O7. The SMILES string of the molecule is COc1cc(/C=C/C(=O)/C=C/c2c(OC)cc(O)cc2OC)cc(OC)c1O. The van der Waals surface area contributed by atoms with Crippen LogP contribution in [0.25, 0.3) is 12.2 Å². The molecule has 7 nitrogen and oxygen atoms in total. The smallest absolute Gasteiger partial charge is 0.200 e. The van der Waals surface area contributed by atoms with Gasteiger partial charge in [0.25, 0.3) is 0 Å². The van der Waals surface area contributed by atoms with Gasteiger partial charge in [0, 0.05) is 12.1 Å². The number of benzene rings is 2. The molecule has 0 atom stereocenters. The van der Waals surface area contributed by atoms with Gasteiger partial charge < -0.3 is 29.2 Å². The lowest BCUT2D eigenvalue weighted by molar-refractivity contribution is -0.110. The summed E-state index contributed by atoms with van der Waals surface area (Å²) in [5.74, 6) is 0.812. The molecule has 0 aromatic heterocycles. The highest BCUT2D eigenvalue weighted by molar-refractivity contribution is 6.04. The van der Waals surface area contributed by atoms with Gasteiger partial charge in [0.05, 0.1) is 34.0 Å². The fourth-order valence-corrected chi connectivity index (χ4v) is 2.50. The summed E-state index contributed by atoms with van der Waals surface area (Å²) < 4.78 is 20.6. The number of hydrogen-bond donors (Lipinski definition) is 2. The number of ether oxygens (including phenoxy) is 4.